The molecule has 2 atom stereocenters. The molecule has 29 heavy (non-hydrogen) atoms. The first kappa shape index (κ1) is 20.3. The van der Waals surface area contributed by atoms with Gasteiger partial charge < -0.3 is 10.6 Å². The highest BCUT2D eigenvalue weighted by Crippen LogP contribution is 2.35. The van der Waals surface area contributed by atoms with Gasteiger partial charge in [0.15, 0.2) is 15.0 Å². The Bertz CT molecular complexity index is 1080. The highest BCUT2D eigenvalue weighted by atomic mass is 35.5. The zero-order valence-corrected chi connectivity index (χ0v) is 18.1. The van der Waals surface area contributed by atoms with Crippen molar-refractivity contribution in [2.24, 2.45) is 4.99 Å². The minimum atomic E-state index is -2.99. The van der Waals surface area contributed by atoms with Gasteiger partial charge in [0.2, 0.25) is 0 Å². The number of anilines is 1. The molecule has 2 aliphatic rings. The maximum atomic E-state index is 12.5. The lowest BCUT2D eigenvalue weighted by atomic mass is 10.1. The average molecular weight is 450 g/mol. The predicted octanol–water partition coefficient (Wildman–Crippen LogP) is 3.26. The van der Waals surface area contributed by atoms with Crippen LogP contribution in [-0.2, 0) is 16.4 Å². The van der Waals surface area contributed by atoms with E-state index in [1.54, 1.807) is 18.2 Å². The van der Waals surface area contributed by atoms with Gasteiger partial charge in [-0.15, -0.1) is 0 Å². The number of nitrogens with zero attached hydrogens (tertiary/aromatic N) is 1. The van der Waals surface area contributed by atoms with E-state index >= 15 is 0 Å². The third-order valence-corrected chi connectivity index (χ3v) is 8.33. The van der Waals surface area contributed by atoms with E-state index < -0.39 is 9.84 Å². The molecule has 0 radical (unpaired) electrons. The van der Waals surface area contributed by atoms with Crippen LogP contribution in [0.2, 0.25) is 5.02 Å². The van der Waals surface area contributed by atoms with Crippen molar-refractivity contribution >= 4 is 50.0 Å². The third-order valence-electron chi connectivity index (χ3n) is 4.86. The molecule has 9 heteroatoms. The van der Waals surface area contributed by atoms with Gasteiger partial charge in [-0.25, -0.2) is 8.42 Å². The molecule has 0 unspecified atom stereocenters. The molecule has 2 aromatic carbocycles. The van der Waals surface area contributed by atoms with Crippen molar-refractivity contribution in [1.82, 2.24) is 5.32 Å². The second-order valence-corrected chi connectivity index (χ2v) is 11.0. The fourth-order valence-electron chi connectivity index (χ4n) is 3.28. The number of benzene rings is 2. The number of amidine groups is 1. The number of hydrogen-bond donors (Lipinski definition) is 2. The van der Waals surface area contributed by atoms with Gasteiger partial charge in [0.05, 0.1) is 28.3 Å². The molecule has 152 valence electrons. The van der Waals surface area contributed by atoms with Crippen molar-refractivity contribution in [3.8, 4) is 0 Å². The Morgan fingerprint density at radius 2 is 1.97 bits per heavy atom. The number of aliphatic imine (C=N–C) groups is 1. The van der Waals surface area contributed by atoms with E-state index in [0.717, 1.165) is 5.56 Å². The molecular formula is C20H20ClN3O3S2. The standard InChI is InChI=1S/C20H20ClN3O3S2/c1-12-2-4-13(5-3-12)9-22-19(25)14-6-7-15(21)16(8-14)23-20-24-17-10-29(26,27)11-18(17)28-20/h2-8,17-18H,9-11H2,1H3,(H,22,25)(H,23,24)/t17-,18+/m1/s1. The average Bonchev–Trinajstić information content (AvgIpc) is 3.15. The Hall–Kier alpha value is -2.03. The SMILES string of the molecule is Cc1ccc(CNC(=O)c2ccc(Cl)c(NC3=N[C@@H]4CS(=O)(=O)C[C@@H]4S3)c2)cc1. The van der Waals surface area contributed by atoms with Gasteiger partial charge in [-0.1, -0.05) is 53.2 Å². The van der Waals surface area contributed by atoms with Crippen LogP contribution in [-0.4, -0.2) is 42.3 Å². The Labute approximate surface area is 179 Å². The van der Waals surface area contributed by atoms with Crippen LogP contribution in [0.4, 0.5) is 5.69 Å². The lowest BCUT2D eigenvalue weighted by molar-refractivity contribution is 0.0951. The van der Waals surface area contributed by atoms with Gasteiger partial charge in [-0.2, -0.15) is 0 Å². The summed E-state index contributed by atoms with van der Waals surface area (Å²) in [6.07, 6.45) is 0. The first-order valence-corrected chi connectivity index (χ1v) is 12.2. The zero-order chi connectivity index (χ0) is 20.6. The molecule has 4 rings (SSSR count). The highest BCUT2D eigenvalue weighted by Gasteiger charge is 2.42. The van der Waals surface area contributed by atoms with Crippen LogP contribution in [0.5, 0.6) is 0 Å². The number of fused-ring (bicyclic) bond motifs is 1. The van der Waals surface area contributed by atoms with Gasteiger partial charge in [0.25, 0.3) is 5.91 Å². The van der Waals surface area contributed by atoms with Crippen molar-refractivity contribution in [3.05, 3.63) is 64.2 Å². The number of rotatable bonds is 4. The number of thioether (sulfide) groups is 1. The lowest BCUT2D eigenvalue weighted by Crippen LogP contribution is -2.23. The number of nitrogens with one attached hydrogen (secondary N) is 2. The van der Waals surface area contributed by atoms with Crippen molar-refractivity contribution in [2.45, 2.75) is 24.8 Å². The minimum Gasteiger partial charge on any atom is -0.348 e. The van der Waals surface area contributed by atoms with Crippen LogP contribution < -0.4 is 10.6 Å². The number of carbonyl (C=O) groups excluding carboxylic acids is 1. The zero-order valence-electron chi connectivity index (χ0n) is 15.7. The number of aryl methyl sites for hydroxylation is 1. The van der Waals surface area contributed by atoms with Gasteiger partial charge in [-0.05, 0) is 30.7 Å². The number of amides is 1. The second-order valence-electron chi connectivity index (χ2n) is 7.22. The van der Waals surface area contributed by atoms with Crippen LogP contribution in [0.15, 0.2) is 47.5 Å². The van der Waals surface area contributed by atoms with Crippen LogP contribution in [0.3, 0.4) is 0 Å². The smallest absolute Gasteiger partial charge is 0.251 e. The number of sulfone groups is 1. The van der Waals surface area contributed by atoms with Crippen molar-refractivity contribution < 1.29 is 13.2 Å². The number of hydrogen-bond acceptors (Lipinski definition) is 6. The first-order chi connectivity index (χ1) is 13.8. The van der Waals surface area contributed by atoms with E-state index in [1.807, 2.05) is 31.2 Å². The molecule has 0 bridgehead atoms. The molecule has 2 N–H and O–H groups in total. The summed E-state index contributed by atoms with van der Waals surface area (Å²) >= 11 is 7.69. The quantitative estimate of drug-likeness (QED) is 0.748. The summed E-state index contributed by atoms with van der Waals surface area (Å²) in [5, 5.41) is 7.10. The molecule has 6 nitrogen and oxygen atoms in total. The fourth-order valence-corrected chi connectivity index (χ4v) is 7.12. The van der Waals surface area contributed by atoms with E-state index in [9.17, 15) is 13.2 Å². The first-order valence-electron chi connectivity index (χ1n) is 9.14. The third kappa shape index (κ3) is 4.76. The molecule has 0 aliphatic carbocycles. The predicted molar refractivity (Wildman–Crippen MR) is 119 cm³/mol. The van der Waals surface area contributed by atoms with E-state index in [-0.39, 0.29) is 28.7 Å². The molecule has 1 fully saturated rings. The molecule has 0 saturated carbocycles. The summed E-state index contributed by atoms with van der Waals surface area (Å²) < 4.78 is 23.4. The molecule has 2 aliphatic heterocycles. The van der Waals surface area contributed by atoms with E-state index in [0.29, 0.717) is 28.0 Å². The lowest BCUT2D eigenvalue weighted by Gasteiger charge is -2.11. The van der Waals surface area contributed by atoms with E-state index in [2.05, 4.69) is 15.6 Å². The van der Waals surface area contributed by atoms with Crippen LogP contribution >= 0.6 is 23.4 Å². The molecule has 0 spiro atoms. The summed E-state index contributed by atoms with van der Waals surface area (Å²) in [6, 6.07) is 12.8. The Balaban J connectivity index is 1.42. The Morgan fingerprint density at radius 3 is 2.69 bits per heavy atom. The van der Waals surface area contributed by atoms with E-state index in [1.165, 1.54) is 17.3 Å². The van der Waals surface area contributed by atoms with Gasteiger partial charge in [0, 0.05) is 17.4 Å². The fraction of sp³-hybridized carbons (Fsp3) is 0.300. The summed E-state index contributed by atoms with van der Waals surface area (Å²) in [5.74, 6) is 0.0336. The number of halogens is 1. The highest BCUT2D eigenvalue weighted by molar-refractivity contribution is 8.15. The molecule has 1 amide bonds. The molecule has 0 aromatic heterocycles. The van der Waals surface area contributed by atoms with Crippen LogP contribution in [0.1, 0.15) is 21.5 Å². The molecule has 1 saturated heterocycles. The normalized spacial score (nSPS) is 22.1. The number of carbonyl (C=O) groups is 1. The van der Waals surface area contributed by atoms with Gasteiger partial charge in [0.1, 0.15) is 0 Å². The van der Waals surface area contributed by atoms with Gasteiger partial charge in [-0.3, -0.25) is 9.79 Å². The molecule has 2 aromatic rings. The molecular weight excluding hydrogens is 430 g/mol. The van der Waals surface area contributed by atoms with Crippen molar-refractivity contribution in [2.75, 3.05) is 16.8 Å². The van der Waals surface area contributed by atoms with Crippen LogP contribution in [0.25, 0.3) is 0 Å². The second kappa shape index (κ2) is 8.01. The minimum absolute atomic E-state index is 0.0535. The summed E-state index contributed by atoms with van der Waals surface area (Å²) in [4.78, 5) is 17.0. The Kier molecular flexibility index (Phi) is 5.59. The summed E-state index contributed by atoms with van der Waals surface area (Å²) in [7, 11) is -2.99. The summed E-state index contributed by atoms with van der Waals surface area (Å²) in [6.45, 7) is 2.45. The van der Waals surface area contributed by atoms with Crippen molar-refractivity contribution in [3.63, 3.8) is 0 Å². The van der Waals surface area contributed by atoms with Gasteiger partial charge >= 0.3 is 0 Å². The van der Waals surface area contributed by atoms with E-state index in [4.69, 9.17) is 11.6 Å². The van der Waals surface area contributed by atoms with Crippen LogP contribution in [0, 0.1) is 6.92 Å². The monoisotopic (exact) mass is 449 g/mol. The van der Waals surface area contributed by atoms with Crippen molar-refractivity contribution in [1.29, 1.82) is 0 Å². The maximum absolute atomic E-state index is 12.5. The maximum Gasteiger partial charge on any atom is 0.251 e. The summed E-state index contributed by atoms with van der Waals surface area (Å²) in [5.41, 5.74) is 3.25. The largest absolute Gasteiger partial charge is 0.348 e. The Morgan fingerprint density at radius 1 is 1.21 bits per heavy atom. The topological polar surface area (TPSA) is 87.6 Å². The molecule has 2 heterocycles.